The summed E-state index contributed by atoms with van der Waals surface area (Å²) in [7, 11) is 0. The van der Waals surface area contributed by atoms with Crippen molar-refractivity contribution in [3.63, 3.8) is 0 Å². The van der Waals surface area contributed by atoms with Gasteiger partial charge in [0, 0.05) is 12.3 Å². The maximum atomic E-state index is 10.3. The van der Waals surface area contributed by atoms with Gasteiger partial charge < -0.3 is 14.9 Å². The normalized spacial score (nSPS) is 15.2. The van der Waals surface area contributed by atoms with Crippen molar-refractivity contribution >= 4 is 5.97 Å². The summed E-state index contributed by atoms with van der Waals surface area (Å²) in [6, 6.07) is 0. The average molecular weight is 225 g/mol. The van der Waals surface area contributed by atoms with Crippen LogP contribution in [0, 0.1) is 0 Å². The van der Waals surface area contributed by atoms with E-state index < -0.39 is 5.97 Å². The lowest BCUT2D eigenvalue weighted by molar-refractivity contribution is -0.137. The Bertz CT molecular complexity index is 360. The highest BCUT2D eigenvalue weighted by Gasteiger charge is 2.29. The summed E-state index contributed by atoms with van der Waals surface area (Å²) in [5.41, 5.74) is 0. The number of rotatable bonds is 7. The number of carboxylic acid groups (broad SMARTS) is 1. The quantitative estimate of drug-likeness (QED) is 0.670. The van der Waals surface area contributed by atoms with Crippen LogP contribution < -0.4 is 5.32 Å². The third kappa shape index (κ3) is 3.30. The molecule has 2 N–H and O–H groups in total. The summed E-state index contributed by atoms with van der Waals surface area (Å²) >= 11 is 0. The van der Waals surface area contributed by atoms with Crippen molar-refractivity contribution in [2.45, 2.75) is 38.1 Å². The van der Waals surface area contributed by atoms with E-state index in [1.807, 2.05) is 0 Å². The molecule has 0 spiro atoms. The SMILES string of the molecule is O=C(O)CCCNCc1noc(C2CC2)n1. The smallest absolute Gasteiger partial charge is 0.303 e. The fraction of sp³-hybridized carbons (Fsp3) is 0.700. The van der Waals surface area contributed by atoms with E-state index in [2.05, 4.69) is 15.5 Å². The van der Waals surface area contributed by atoms with E-state index in [0.717, 1.165) is 18.7 Å². The molecule has 0 aromatic carbocycles. The standard InChI is InChI=1S/C10H15N3O3/c14-9(15)2-1-5-11-6-8-12-10(16-13-8)7-3-4-7/h7,11H,1-6H2,(H,14,15). The van der Waals surface area contributed by atoms with E-state index >= 15 is 0 Å². The predicted molar refractivity (Wildman–Crippen MR) is 54.8 cm³/mol. The zero-order chi connectivity index (χ0) is 11.4. The molecular formula is C10H15N3O3. The van der Waals surface area contributed by atoms with Crippen LogP contribution in [0.2, 0.25) is 0 Å². The van der Waals surface area contributed by atoms with Crippen LogP contribution in [0.15, 0.2) is 4.52 Å². The molecule has 0 bridgehead atoms. The second-order valence-corrected chi connectivity index (χ2v) is 4.00. The number of carbonyl (C=O) groups is 1. The third-order valence-electron chi connectivity index (χ3n) is 2.44. The van der Waals surface area contributed by atoms with Crippen LogP contribution in [-0.2, 0) is 11.3 Å². The van der Waals surface area contributed by atoms with Gasteiger partial charge in [-0.3, -0.25) is 4.79 Å². The maximum absolute atomic E-state index is 10.3. The number of hydrogen-bond donors (Lipinski definition) is 2. The molecule has 1 aliphatic rings. The van der Waals surface area contributed by atoms with Crippen LogP contribution in [0.3, 0.4) is 0 Å². The van der Waals surface area contributed by atoms with Crippen molar-refractivity contribution in [1.29, 1.82) is 0 Å². The molecule has 1 aromatic heterocycles. The highest BCUT2D eigenvalue weighted by atomic mass is 16.5. The molecule has 0 amide bonds. The van der Waals surface area contributed by atoms with Crippen LogP contribution in [0.25, 0.3) is 0 Å². The molecule has 1 aliphatic carbocycles. The molecule has 1 aromatic rings. The van der Waals surface area contributed by atoms with Crippen molar-refractivity contribution in [3.8, 4) is 0 Å². The zero-order valence-corrected chi connectivity index (χ0v) is 8.98. The Hall–Kier alpha value is -1.43. The van der Waals surface area contributed by atoms with Gasteiger partial charge in [-0.15, -0.1) is 0 Å². The minimum absolute atomic E-state index is 0.187. The Morgan fingerprint density at radius 2 is 2.38 bits per heavy atom. The van der Waals surface area contributed by atoms with Gasteiger partial charge in [0.25, 0.3) is 0 Å². The first-order chi connectivity index (χ1) is 7.75. The van der Waals surface area contributed by atoms with Crippen molar-refractivity contribution in [2.24, 2.45) is 0 Å². The minimum Gasteiger partial charge on any atom is -0.481 e. The highest BCUT2D eigenvalue weighted by Crippen LogP contribution is 2.38. The number of nitrogens with zero attached hydrogens (tertiary/aromatic N) is 2. The zero-order valence-electron chi connectivity index (χ0n) is 8.98. The van der Waals surface area contributed by atoms with E-state index in [0.29, 0.717) is 31.3 Å². The summed E-state index contributed by atoms with van der Waals surface area (Å²) in [5.74, 6) is 1.10. The van der Waals surface area contributed by atoms with Crippen molar-refractivity contribution in [2.75, 3.05) is 6.54 Å². The third-order valence-corrected chi connectivity index (χ3v) is 2.44. The molecule has 0 atom stereocenters. The van der Waals surface area contributed by atoms with Gasteiger partial charge in [0.2, 0.25) is 5.89 Å². The predicted octanol–water partition coefficient (Wildman–Crippen LogP) is 0.901. The second-order valence-electron chi connectivity index (χ2n) is 4.00. The lowest BCUT2D eigenvalue weighted by Gasteiger charge is -1.98. The van der Waals surface area contributed by atoms with Crippen molar-refractivity contribution in [3.05, 3.63) is 11.7 Å². The molecule has 0 radical (unpaired) electrons. The van der Waals surface area contributed by atoms with Crippen LogP contribution in [0.4, 0.5) is 0 Å². The van der Waals surface area contributed by atoms with E-state index in [-0.39, 0.29) is 6.42 Å². The molecule has 6 heteroatoms. The van der Waals surface area contributed by atoms with E-state index in [9.17, 15) is 4.79 Å². The van der Waals surface area contributed by atoms with Gasteiger partial charge in [-0.2, -0.15) is 4.98 Å². The summed E-state index contributed by atoms with van der Waals surface area (Å²) in [5, 5.41) is 15.4. The van der Waals surface area contributed by atoms with Crippen molar-refractivity contribution < 1.29 is 14.4 Å². The van der Waals surface area contributed by atoms with Gasteiger partial charge in [-0.05, 0) is 25.8 Å². The lowest BCUT2D eigenvalue weighted by Crippen LogP contribution is -2.16. The number of aromatic nitrogens is 2. The van der Waals surface area contributed by atoms with Gasteiger partial charge in [0.1, 0.15) is 0 Å². The summed E-state index contributed by atoms with van der Waals surface area (Å²) in [6.45, 7) is 1.19. The first kappa shape index (κ1) is 11.1. The Morgan fingerprint density at radius 1 is 1.56 bits per heavy atom. The molecule has 1 heterocycles. The van der Waals surface area contributed by atoms with Crippen LogP contribution in [0.1, 0.15) is 43.3 Å². The maximum Gasteiger partial charge on any atom is 0.303 e. The molecule has 1 fully saturated rings. The second kappa shape index (κ2) is 5.07. The van der Waals surface area contributed by atoms with Gasteiger partial charge in [-0.1, -0.05) is 5.16 Å². The largest absolute Gasteiger partial charge is 0.481 e. The highest BCUT2D eigenvalue weighted by molar-refractivity contribution is 5.66. The van der Waals surface area contributed by atoms with Gasteiger partial charge in [-0.25, -0.2) is 0 Å². The van der Waals surface area contributed by atoms with Crippen LogP contribution in [-0.4, -0.2) is 27.8 Å². The lowest BCUT2D eigenvalue weighted by atomic mass is 10.3. The van der Waals surface area contributed by atoms with Crippen molar-refractivity contribution in [1.82, 2.24) is 15.5 Å². The molecular weight excluding hydrogens is 210 g/mol. The Morgan fingerprint density at radius 3 is 3.06 bits per heavy atom. The van der Waals surface area contributed by atoms with E-state index in [1.165, 1.54) is 0 Å². The monoisotopic (exact) mass is 225 g/mol. The average Bonchev–Trinajstić information content (AvgIpc) is 2.99. The van der Waals surface area contributed by atoms with Crippen LogP contribution >= 0.6 is 0 Å². The Balaban J connectivity index is 1.63. The molecule has 6 nitrogen and oxygen atoms in total. The first-order valence-corrected chi connectivity index (χ1v) is 5.50. The summed E-state index contributed by atoms with van der Waals surface area (Å²) in [6.07, 6.45) is 3.09. The fourth-order valence-corrected chi connectivity index (χ4v) is 1.40. The van der Waals surface area contributed by atoms with E-state index in [4.69, 9.17) is 9.63 Å². The summed E-state index contributed by atoms with van der Waals surface area (Å²) in [4.78, 5) is 14.5. The van der Waals surface area contributed by atoms with Gasteiger partial charge >= 0.3 is 5.97 Å². The molecule has 1 saturated carbocycles. The molecule has 88 valence electrons. The number of carboxylic acids is 1. The molecule has 0 saturated heterocycles. The topological polar surface area (TPSA) is 88.2 Å². The van der Waals surface area contributed by atoms with Gasteiger partial charge in [0.05, 0.1) is 6.54 Å². The number of aliphatic carboxylic acids is 1. The summed E-state index contributed by atoms with van der Waals surface area (Å²) < 4.78 is 5.09. The Kier molecular flexibility index (Phi) is 3.51. The minimum atomic E-state index is -0.766. The van der Waals surface area contributed by atoms with Gasteiger partial charge in [0.15, 0.2) is 5.82 Å². The molecule has 2 rings (SSSR count). The Labute approximate surface area is 93.0 Å². The molecule has 0 aliphatic heterocycles. The number of hydrogen-bond acceptors (Lipinski definition) is 5. The molecule has 0 unspecified atom stereocenters. The molecule has 16 heavy (non-hydrogen) atoms. The fourth-order valence-electron chi connectivity index (χ4n) is 1.40. The first-order valence-electron chi connectivity index (χ1n) is 5.50. The van der Waals surface area contributed by atoms with Crippen LogP contribution in [0.5, 0.6) is 0 Å². The number of nitrogens with one attached hydrogen (secondary N) is 1. The van der Waals surface area contributed by atoms with E-state index in [1.54, 1.807) is 0 Å².